The van der Waals surface area contributed by atoms with E-state index in [-0.39, 0.29) is 23.8 Å². The molecule has 1 aliphatic heterocycles. The number of ketones is 1. The molecule has 1 fully saturated rings. The Kier molecular flexibility index (Phi) is 7.04. The lowest BCUT2D eigenvalue weighted by molar-refractivity contribution is -0.146. The maximum atomic E-state index is 13.7. The minimum absolute atomic E-state index is 0.0269. The molecule has 2 atom stereocenters. The molecule has 1 N–H and O–H groups in total. The summed E-state index contributed by atoms with van der Waals surface area (Å²) in [5.41, 5.74) is 4.48. The van der Waals surface area contributed by atoms with Crippen molar-refractivity contribution < 1.29 is 14.3 Å². The predicted molar refractivity (Wildman–Crippen MR) is 138 cm³/mol. The topological polar surface area (TPSA) is 55.4 Å². The molecular formula is C29H29Cl2NO3. The molecular weight excluding hydrogens is 481 g/mol. The van der Waals surface area contributed by atoms with Crippen LogP contribution in [0.15, 0.2) is 71.1 Å². The Balaban J connectivity index is 1.55. The number of benzene rings is 2. The van der Waals surface area contributed by atoms with Gasteiger partial charge in [-0.1, -0.05) is 66.0 Å². The Hall–Kier alpha value is -2.56. The molecule has 5 rings (SSSR count). The number of hydrogen-bond donors (Lipinski definition) is 1. The Bertz CT molecular complexity index is 1210. The van der Waals surface area contributed by atoms with E-state index in [1.54, 1.807) is 12.1 Å². The van der Waals surface area contributed by atoms with Gasteiger partial charge in [-0.2, -0.15) is 0 Å². The minimum atomic E-state index is -0.587. The van der Waals surface area contributed by atoms with Crippen molar-refractivity contribution in [3.8, 4) is 0 Å². The number of esters is 1. The summed E-state index contributed by atoms with van der Waals surface area (Å²) in [7, 11) is 0. The van der Waals surface area contributed by atoms with Crippen molar-refractivity contribution in [2.75, 3.05) is 0 Å². The van der Waals surface area contributed by atoms with Crippen molar-refractivity contribution in [3.05, 3.63) is 92.2 Å². The van der Waals surface area contributed by atoms with Crippen LogP contribution in [0.25, 0.3) is 0 Å². The number of dihydropyridines is 1. The zero-order valence-corrected chi connectivity index (χ0v) is 21.3. The number of Topliss-reactive ketones (excluding diaryl/α,β-unsaturated/α-hetero) is 1. The fourth-order valence-corrected chi connectivity index (χ4v) is 6.23. The lowest BCUT2D eigenvalue weighted by Gasteiger charge is -2.37. The zero-order valence-electron chi connectivity index (χ0n) is 19.8. The van der Waals surface area contributed by atoms with E-state index < -0.39 is 5.92 Å². The first-order valence-corrected chi connectivity index (χ1v) is 13.1. The molecule has 3 aliphatic rings. The van der Waals surface area contributed by atoms with Gasteiger partial charge in [-0.3, -0.25) is 4.79 Å². The molecule has 0 spiro atoms. The second-order valence-corrected chi connectivity index (χ2v) is 10.6. The number of ether oxygens (including phenoxy) is 1. The van der Waals surface area contributed by atoms with E-state index in [0.717, 1.165) is 36.9 Å². The van der Waals surface area contributed by atoms with Gasteiger partial charge in [-0.25, -0.2) is 4.79 Å². The highest BCUT2D eigenvalue weighted by atomic mass is 35.5. The number of nitrogens with one attached hydrogen (secondary N) is 1. The van der Waals surface area contributed by atoms with Crippen LogP contribution in [-0.2, 0) is 14.3 Å². The molecule has 2 aromatic carbocycles. The van der Waals surface area contributed by atoms with Crippen LogP contribution in [0, 0.1) is 0 Å². The third-order valence-electron chi connectivity index (χ3n) is 7.42. The highest BCUT2D eigenvalue weighted by molar-refractivity contribution is 6.35. The molecule has 2 aliphatic carbocycles. The second-order valence-electron chi connectivity index (χ2n) is 9.76. The van der Waals surface area contributed by atoms with Gasteiger partial charge in [-0.05, 0) is 68.2 Å². The molecule has 0 radical (unpaired) electrons. The molecule has 0 bridgehead atoms. The summed E-state index contributed by atoms with van der Waals surface area (Å²) in [5, 5.41) is 4.36. The van der Waals surface area contributed by atoms with Crippen LogP contribution in [-0.4, -0.2) is 17.9 Å². The van der Waals surface area contributed by atoms with E-state index in [0.29, 0.717) is 45.3 Å². The van der Waals surface area contributed by atoms with E-state index in [1.807, 2.05) is 31.2 Å². The minimum Gasteiger partial charge on any atom is -0.459 e. The lowest BCUT2D eigenvalue weighted by atomic mass is 9.71. The average Bonchev–Trinajstić information content (AvgIpc) is 2.84. The first kappa shape index (κ1) is 24.1. The summed E-state index contributed by atoms with van der Waals surface area (Å²) < 4.78 is 5.98. The van der Waals surface area contributed by atoms with Gasteiger partial charge in [0.2, 0.25) is 0 Å². The number of hydrogen-bond acceptors (Lipinski definition) is 4. The third-order valence-corrected chi connectivity index (χ3v) is 7.98. The van der Waals surface area contributed by atoms with E-state index in [1.165, 1.54) is 6.42 Å². The molecule has 35 heavy (non-hydrogen) atoms. The highest BCUT2D eigenvalue weighted by Gasteiger charge is 2.42. The quantitative estimate of drug-likeness (QED) is 0.441. The predicted octanol–water partition coefficient (Wildman–Crippen LogP) is 7.23. The van der Waals surface area contributed by atoms with Crippen LogP contribution in [0.2, 0.25) is 10.0 Å². The average molecular weight is 510 g/mol. The highest BCUT2D eigenvalue weighted by Crippen LogP contribution is 2.47. The monoisotopic (exact) mass is 509 g/mol. The number of rotatable bonds is 4. The van der Waals surface area contributed by atoms with E-state index >= 15 is 0 Å². The van der Waals surface area contributed by atoms with Crippen molar-refractivity contribution in [3.63, 3.8) is 0 Å². The fourth-order valence-electron chi connectivity index (χ4n) is 5.71. The second kappa shape index (κ2) is 10.2. The van der Waals surface area contributed by atoms with Crippen LogP contribution < -0.4 is 5.32 Å². The third kappa shape index (κ3) is 4.92. The molecule has 1 saturated carbocycles. The Labute approximate surface area is 216 Å². The van der Waals surface area contributed by atoms with Crippen LogP contribution >= 0.6 is 23.2 Å². The van der Waals surface area contributed by atoms with Gasteiger partial charge >= 0.3 is 5.97 Å². The summed E-state index contributed by atoms with van der Waals surface area (Å²) in [4.78, 5) is 27.3. The largest absolute Gasteiger partial charge is 0.459 e. The first-order valence-electron chi connectivity index (χ1n) is 12.4. The number of carbonyl (C=O) groups excluding carboxylic acids is 2. The molecule has 2 aromatic rings. The maximum Gasteiger partial charge on any atom is 0.337 e. The summed E-state index contributed by atoms with van der Waals surface area (Å²) in [6.07, 6.45) is 6.05. The molecule has 0 saturated heterocycles. The summed E-state index contributed by atoms with van der Waals surface area (Å²) in [6.45, 7) is 1.88. The van der Waals surface area contributed by atoms with Crippen molar-refractivity contribution in [1.82, 2.24) is 5.32 Å². The van der Waals surface area contributed by atoms with Gasteiger partial charge in [0.15, 0.2) is 5.78 Å². The number of halogens is 2. The van der Waals surface area contributed by atoms with Crippen LogP contribution in [0.5, 0.6) is 0 Å². The van der Waals surface area contributed by atoms with Crippen molar-refractivity contribution >= 4 is 35.0 Å². The van der Waals surface area contributed by atoms with Crippen LogP contribution in [0.4, 0.5) is 0 Å². The van der Waals surface area contributed by atoms with Gasteiger partial charge < -0.3 is 10.1 Å². The fraction of sp³-hybridized carbons (Fsp3) is 0.379. The van der Waals surface area contributed by atoms with Crippen LogP contribution in [0.1, 0.15) is 74.8 Å². The first-order chi connectivity index (χ1) is 16.9. The molecule has 0 amide bonds. The Morgan fingerprint density at radius 3 is 2.46 bits per heavy atom. The molecule has 4 nitrogen and oxygen atoms in total. The van der Waals surface area contributed by atoms with Gasteiger partial charge in [0.1, 0.15) is 6.10 Å². The molecule has 0 unspecified atom stereocenters. The molecule has 182 valence electrons. The maximum absolute atomic E-state index is 13.7. The van der Waals surface area contributed by atoms with Gasteiger partial charge in [0.05, 0.1) is 5.57 Å². The number of carbonyl (C=O) groups is 2. The molecule has 1 heterocycles. The summed E-state index contributed by atoms with van der Waals surface area (Å²) in [5.74, 6) is -0.849. The van der Waals surface area contributed by atoms with Crippen molar-refractivity contribution in [2.24, 2.45) is 0 Å². The summed E-state index contributed by atoms with van der Waals surface area (Å²) in [6, 6.07) is 15.4. The smallest absolute Gasteiger partial charge is 0.337 e. The standard InChI is InChI=1S/C29H29Cl2NO3/c1-17-26(29(34)35-21-10-6-3-7-11-21)27(22-13-12-20(30)16-23(22)31)28-24(32-17)14-19(15-25(28)33)18-8-4-2-5-9-18/h2,4-5,8-9,12-13,16,19,21,27,32H,3,6-7,10-11,14-15H2,1H3/t19-,27-/m1/s1. The number of allylic oxidation sites excluding steroid dienone is 3. The summed E-state index contributed by atoms with van der Waals surface area (Å²) >= 11 is 12.8. The van der Waals surface area contributed by atoms with Gasteiger partial charge in [0, 0.05) is 39.4 Å². The SMILES string of the molecule is CC1=C(C(=O)OC2CCCCC2)[C@@H](c2ccc(Cl)cc2Cl)C2=C(C[C@@H](c3ccccc3)CC2=O)N1. The van der Waals surface area contributed by atoms with E-state index in [4.69, 9.17) is 27.9 Å². The lowest BCUT2D eigenvalue weighted by Crippen LogP contribution is -2.37. The van der Waals surface area contributed by atoms with E-state index in [2.05, 4.69) is 17.4 Å². The Morgan fingerprint density at radius 1 is 1.00 bits per heavy atom. The van der Waals surface area contributed by atoms with Gasteiger partial charge in [0.25, 0.3) is 0 Å². The van der Waals surface area contributed by atoms with Gasteiger partial charge in [-0.15, -0.1) is 0 Å². The Morgan fingerprint density at radius 2 is 1.74 bits per heavy atom. The van der Waals surface area contributed by atoms with Crippen LogP contribution in [0.3, 0.4) is 0 Å². The molecule has 6 heteroatoms. The van der Waals surface area contributed by atoms with Crippen molar-refractivity contribution in [2.45, 2.75) is 69.8 Å². The van der Waals surface area contributed by atoms with E-state index in [9.17, 15) is 9.59 Å². The molecule has 0 aromatic heterocycles. The van der Waals surface area contributed by atoms with Crippen molar-refractivity contribution in [1.29, 1.82) is 0 Å². The normalized spacial score (nSPS) is 23.1. The zero-order chi connectivity index (χ0) is 24.5.